The Hall–Kier alpha value is -1.36. The first-order valence-electron chi connectivity index (χ1n) is 6.09. The van der Waals surface area contributed by atoms with Gasteiger partial charge >= 0.3 is 0 Å². The first-order chi connectivity index (χ1) is 8.52. The number of nitrogens with zero attached hydrogens (tertiary/aromatic N) is 1. The van der Waals surface area contributed by atoms with Gasteiger partial charge in [0.05, 0.1) is 16.9 Å². The molecule has 0 radical (unpaired) electrons. The van der Waals surface area contributed by atoms with Crippen LogP contribution in [0.15, 0.2) is 18.2 Å². The number of hydrogen-bond donors (Lipinski definition) is 2. The molecule has 1 aromatic rings. The van der Waals surface area contributed by atoms with Gasteiger partial charge in [-0.1, -0.05) is 13.0 Å². The van der Waals surface area contributed by atoms with Crippen LogP contribution in [-0.4, -0.2) is 29.5 Å². The topological polar surface area (TPSA) is 72.3 Å². The van der Waals surface area contributed by atoms with Crippen molar-refractivity contribution in [1.82, 2.24) is 0 Å². The Kier molecular flexibility index (Phi) is 3.71. The standard InChI is InChI=1S/C13H19N3OS/c1-8-9(2)18-7-6-16(8)11-5-3-4-10(12(11)14)13(15)17/h3-5,8-9H,6-7,14H2,1-2H3,(H2,15,17). The minimum Gasteiger partial charge on any atom is -0.396 e. The Labute approximate surface area is 112 Å². The van der Waals surface area contributed by atoms with Crippen molar-refractivity contribution < 1.29 is 4.79 Å². The van der Waals surface area contributed by atoms with Crippen LogP contribution in [0.3, 0.4) is 0 Å². The van der Waals surface area contributed by atoms with E-state index in [4.69, 9.17) is 11.5 Å². The van der Waals surface area contributed by atoms with Crippen molar-refractivity contribution in [2.75, 3.05) is 22.9 Å². The summed E-state index contributed by atoms with van der Waals surface area (Å²) in [5.74, 6) is 0.604. The Morgan fingerprint density at radius 2 is 2.17 bits per heavy atom. The van der Waals surface area contributed by atoms with Crippen LogP contribution in [0, 0.1) is 0 Å². The Balaban J connectivity index is 2.38. The van der Waals surface area contributed by atoms with Crippen molar-refractivity contribution in [2.24, 2.45) is 5.73 Å². The number of anilines is 2. The lowest BCUT2D eigenvalue weighted by Crippen LogP contribution is -2.45. The van der Waals surface area contributed by atoms with Crippen molar-refractivity contribution in [3.05, 3.63) is 23.8 Å². The van der Waals surface area contributed by atoms with Crippen LogP contribution in [0.5, 0.6) is 0 Å². The molecule has 1 fully saturated rings. The van der Waals surface area contributed by atoms with Gasteiger partial charge in [-0.3, -0.25) is 4.79 Å². The number of thioether (sulfide) groups is 1. The lowest BCUT2D eigenvalue weighted by atomic mass is 10.1. The van der Waals surface area contributed by atoms with Gasteiger partial charge in [-0.05, 0) is 19.1 Å². The maximum absolute atomic E-state index is 11.3. The summed E-state index contributed by atoms with van der Waals surface area (Å²) < 4.78 is 0. The molecule has 4 nitrogen and oxygen atoms in total. The molecule has 0 bridgehead atoms. The number of nitrogen functional groups attached to an aromatic ring is 1. The predicted octanol–water partition coefficient (Wildman–Crippen LogP) is 1.70. The van der Waals surface area contributed by atoms with E-state index in [1.54, 1.807) is 6.07 Å². The zero-order chi connectivity index (χ0) is 13.3. The van der Waals surface area contributed by atoms with Crippen molar-refractivity contribution in [3.8, 4) is 0 Å². The van der Waals surface area contributed by atoms with E-state index in [1.807, 2.05) is 23.9 Å². The normalized spacial score (nSPS) is 24.0. The molecule has 0 spiro atoms. The molecule has 1 saturated heterocycles. The third-order valence-electron chi connectivity index (χ3n) is 3.54. The molecule has 0 aromatic heterocycles. The molecule has 98 valence electrons. The van der Waals surface area contributed by atoms with Gasteiger partial charge in [0.25, 0.3) is 5.91 Å². The Morgan fingerprint density at radius 1 is 1.44 bits per heavy atom. The van der Waals surface area contributed by atoms with Crippen LogP contribution < -0.4 is 16.4 Å². The zero-order valence-electron chi connectivity index (χ0n) is 10.7. The quantitative estimate of drug-likeness (QED) is 0.798. The molecule has 2 rings (SSSR count). The van der Waals surface area contributed by atoms with Gasteiger partial charge in [-0.25, -0.2) is 0 Å². The fourth-order valence-corrected chi connectivity index (χ4v) is 3.39. The molecule has 2 atom stereocenters. The van der Waals surface area contributed by atoms with Gasteiger partial charge < -0.3 is 16.4 Å². The second kappa shape index (κ2) is 5.10. The zero-order valence-corrected chi connectivity index (χ0v) is 11.5. The molecule has 2 unspecified atom stereocenters. The Bertz CT molecular complexity index is 464. The molecule has 0 aliphatic carbocycles. The number of nitrogens with two attached hydrogens (primary N) is 2. The van der Waals surface area contributed by atoms with E-state index in [1.165, 1.54) is 0 Å². The molecule has 1 aromatic carbocycles. The number of benzene rings is 1. The summed E-state index contributed by atoms with van der Waals surface area (Å²) >= 11 is 1.97. The summed E-state index contributed by atoms with van der Waals surface area (Å²) in [7, 11) is 0. The minimum atomic E-state index is -0.471. The third kappa shape index (κ3) is 2.27. The summed E-state index contributed by atoms with van der Waals surface area (Å²) in [6.07, 6.45) is 0. The average molecular weight is 265 g/mol. The smallest absolute Gasteiger partial charge is 0.250 e. The highest BCUT2D eigenvalue weighted by atomic mass is 32.2. The first kappa shape index (κ1) is 13.1. The van der Waals surface area contributed by atoms with Crippen LogP contribution >= 0.6 is 11.8 Å². The van der Waals surface area contributed by atoms with E-state index in [0.717, 1.165) is 18.0 Å². The van der Waals surface area contributed by atoms with Gasteiger partial charge in [0.1, 0.15) is 0 Å². The van der Waals surface area contributed by atoms with Crippen LogP contribution in [0.2, 0.25) is 0 Å². The maximum atomic E-state index is 11.3. The number of carbonyl (C=O) groups is 1. The molecular formula is C13H19N3OS. The predicted molar refractivity (Wildman–Crippen MR) is 78.1 cm³/mol. The first-order valence-corrected chi connectivity index (χ1v) is 7.13. The molecule has 1 aliphatic heterocycles. The van der Waals surface area contributed by atoms with Gasteiger partial charge in [-0.15, -0.1) is 0 Å². The van der Waals surface area contributed by atoms with Crippen molar-refractivity contribution in [3.63, 3.8) is 0 Å². The van der Waals surface area contributed by atoms with E-state index in [9.17, 15) is 4.79 Å². The van der Waals surface area contributed by atoms with Crippen molar-refractivity contribution in [2.45, 2.75) is 25.1 Å². The molecule has 5 heteroatoms. The van der Waals surface area contributed by atoms with Crippen LogP contribution in [0.1, 0.15) is 24.2 Å². The molecule has 1 aliphatic rings. The van der Waals surface area contributed by atoms with Gasteiger partial charge in [0, 0.05) is 23.6 Å². The third-order valence-corrected chi connectivity index (χ3v) is 4.88. The van der Waals surface area contributed by atoms with E-state index < -0.39 is 5.91 Å². The van der Waals surface area contributed by atoms with Crippen molar-refractivity contribution in [1.29, 1.82) is 0 Å². The van der Waals surface area contributed by atoms with Gasteiger partial charge in [-0.2, -0.15) is 11.8 Å². The molecular weight excluding hydrogens is 246 g/mol. The summed E-state index contributed by atoms with van der Waals surface area (Å²) in [4.78, 5) is 13.6. The average Bonchev–Trinajstić information content (AvgIpc) is 2.33. The summed E-state index contributed by atoms with van der Waals surface area (Å²) in [5.41, 5.74) is 13.2. The summed E-state index contributed by atoms with van der Waals surface area (Å²) in [5, 5.41) is 0.551. The second-order valence-electron chi connectivity index (χ2n) is 4.61. The number of carbonyl (C=O) groups excluding carboxylic acids is 1. The molecule has 4 N–H and O–H groups in total. The van der Waals surface area contributed by atoms with Crippen molar-refractivity contribution >= 4 is 29.0 Å². The molecule has 18 heavy (non-hydrogen) atoms. The molecule has 1 amide bonds. The number of hydrogen-bond acceptors (Lipinski definition) is 4. The summed E-state index contributed by atoms with van der Waals surface area (Å²) in [6.45, 7) is 5.35. The number of rotatable bonds is 2. The number of primary amides is 1. The number of amides is 1. The van der Waals surface area contributed by atoms with Crippen LogP contribution in [-0.2, 0) is 0 Å². The van der Waals surface area contributed by atoms with Crippen LogP contribution in [0.25, 0.3) is 0 Å². The molecule has 1 heterocycles. The van der Waals surface area contributed by atoms with E-state index in [-0.39, 0.29) is 0 Å². The van der Waals surface area contributed by atoms with Crippen LogP contribution in [0.4, 0.5) is 11.4 Å². The highest BCUT2D eigenvalue weighted by Gasteiger charge is 2.27. The maximum Gasteiger partial charge on any atom is 0.250 e. The monoisotopic (exact) mass is 265 g/mol. The van der Waals surface area contributed by atoms with Gasteiger partial charge in [0.2, 0.25) is 0 Å². The summed E-state index contributed by atoms with van der Waals surface area (Å²) in [6, 6.07) is 5.87. The fourth-order valence-electron chi connectivity index (χ4n) is 2.29. The second-order valence-corrected chi connectivity index (χ2v) is 6.10. The lowest BCUT2D eigenvalue weighted by molar-refractivity contribution is 0.100. The highest BCUT2D eigenvalue weighted by molar-refractivity contribution is 8.00. The SMILES string of the molecule is CC1SCCN(c2cccc(C(N)=O)c2N)C1C. The lowest BCUT2D eigenvalue weighted by Gasteiger charge is -2.39. The van der Waals surface area contributed by atoms with E-state index in [0.29, 0.717) is 22.5 Å². The molecule has 0 saturated carbocycles. The van der Waals surface area contributed by atoms with Gasteiger partial charge in [0.15, 0.2) is 0 Å². The minimum absolute atomic E-state index is 0.397. The largest absolute Gasteiger partial charge is 0.396 e. The number of para-hydroxylation sites is 1. The van der Waals surface area contributed by atoms with E-state index in [2.05, 4.69) is 18.7 Å². The highest BCUT2D eigenvalue weighted by Crippen LogP contribution is 2.33. The fraction of sp³-hybridized carbons (Fsp3) is 0.462. The Morgan fingerprint density at radius 3 is 2.83 bits per heavy atom. The van der Waals surface area contributed by atoms with E-state index >= 15 is 0 Å².